The first-order chi connectivity index (χ1) is 9.60. The SMILES string of the molecule is Cc1ccc(CN(C)c2cc(Cl)ccc2CCN)cc1. The summed E-state index contributed by atoms with van der Waals surface area (Å²) in [5.41, 5.74) is 10.7. The highest BCUT2D eigenvalue weighted by Gasteiger charge is 2.08. The van der Waals surface area contributed by atoms with E-state index in [9.17, 15) is 0 Å². The fraction of sp³-hybridized carbons (Fsp3) is 0.294. The normalized spacial score (nSPS) is 10.6. The van der Waals surface area contributed by atoms with Gasteiger partial charge in [-0.05, 0) is 43.1 Å². The van der Waals surface area contributed by atoms with Gasteiger partial charge >= 0.3 is 0 Å². The lowest BCUT2D eigenvalue weighted by Crippen LogP contribution is -2.19. The maximum Gasteiger partial charge on any atom is 0.0426 e. The maximum atomic E-state index is 6.13. The van der Waals surface area contributed by atoms with Gasteiger partial charge in [-0.25, -0.2) is 0 Å². The molecular weight excluding hydrogens is 268 g/mol. The van der Waals surface area contributed by atoms with Crippen LogP contribution in [0.1, 0.15) is 16.7 Å². The molecule has 0 aliphatic rings. The maximum absolute atomic E-state index is 6.13. The van der Waals surface area contributed by atoms with Crippen LogP contribution in [0.25, 0.3) is 0 Å². The van der Waals surface area contributed by atoms with E-state index in [4.69, 9.17) is 17.3 Å². The Morgan fingerprint density at radius 1 is 1.10 bits per heavy atom. The minimum atomic E-state index is 0.646. The molecule has 0 fully saturated rings. The van der Waals surface area contributed by atoms with Gasteiger partial charge in [0.1, 0.15) is 0 Å². The molecule has 0 heterocycles. The molecule has 2 rings (SSSR count). The van der Waals surface area contributed by atoms with E-state index in [2.05, 4.69) is 49.2 Å². The minimum Gasteiger partial charge on any atom is -0.370 e. The lowest BCUT2D eigenvalue weighted by atomic mass is 10.1. The van der Waals surface area contributed by atoms with Crippen LogP contribution < -0.4 is 10.6 Å². The number of nitrogens with zero attached hydrogens (tertiary/aromatic N) is 1. The Bertz CT molecular complexity index is 564. The van der Waals surface area contributed by atoms with Crippen molar-refractivity contribution in [2.45, 2.75) is 19.9 Å². The highest BCUT2D eigenvalue weighted by atomic mass is 35.5. The number of hydrogen-bond donors (Lipinski definition) is 1. The van der Waals surface area contributed by atoms with Gasteiger partial charge in [0.05, 0.1) is 0 Å². The lowest BCUT2D eigenvalue weighted by Gasteiger charge is -2.23. The Morgan fingerprint density at radius 2 is 1.80 bits per heavy atom. The first-order valence-corrected chi connectivity index (χ1v) is 7.23. The molecule has 3 heteroatoms. The van der Waals surface area contributed by atoms with Gasteiger partial charge in [0.2, 0.25) is 0 Å². The highest BCUT2D eigenvalue weighted by molar-refractivity contribution is 6.30. The summed E-state index contributed by atoms with van der Waals surface area (Å²) in [7, 11) is 2.09. The summed E-state index contributed by atoms with van der Waals surface area (Å²) in [5.74, 6) is 0. The zero-order chi connectivity index (χ0) is 14.5. The summed E-state index contributed by atoms with van der Waals surface area (Å²) in [6, 6.07) is 14.6. The van der Waals surface area contributed by atoms with Gasteiger partial charge in [-0.3, -0.25) is 0 Å². The lowest BCUT2D eigenvalue weighted by molar-refractivity contribution is 0.892. The van der Waals surface area contributed by atoms with Crippen LogP contribution in [0, 0.1) is 6.92 Å². The van der Waals surface area contributed by atoms with Crippen molar-refractivity contribution in [1.82, 2.24) is 0 Å². The Kier molecular flexibility index (Phi) is 5.05. The van der Waals surface area contributed by atoms with Crippen LogP contribution in [0.5, 0.6) is 0 Å². The summed E-state index contributed by atoms with van der Waals surface area (Å²) < 4.78 is 0. The van der Waals surface area contributed by atoms with E-state index >= 15 is 0 Å². The van der Waals surface area contributed by atoms with E-state index in [0.717, 1.165) is 23.7 Å². The predicted molar refractivity (Wildman–Crippen MR) is 87.5 cm³/mol. The quantitative estimate of drug-likeness (QED) is 0.907. The topological polar surface area (TPSA) is 29.3 Å². The molecule has 0 aliphatic heterocycles. The van der Waals surface area contributed by atoms with Crippen molar-refractivity contribution in [2.75, 3.05) is 18.5 Å². The van der Waals surface area contributed by atoms with Crippen LogP contribution in [-0.4, -0.2) is 13.6 Å². The van der Waals surface area contributed by atoms with Crippen molar-refractivity contribution < 1.29 is 0 Å². The fourth-order valence-electron chi connectivity index (χ4n) is 2.31. The summed E-state index contributed by atoms with van der Waals surface area (Å²) >= 11 is 6.13. The van der Waals surface area contributed by atoms with Gasteiger partial charge in [-0.1, -0.05) is 47.5 Å². The molecule has 0 bridgehead atoms. The third-order valence-corrected chi connectivity index (χ3v) is 3.65. The second-order valence-corrected chi connectivity index (χ2v) is 5.59. The van der Waals surface area contributed by atoms with Gasteiger partial charge in [0.15, 0.2) is 0 Å². The van der Waals surface area contributed by atoms with E-state index in [0.29, 0.717) is 6.54 Å². The third-order valence-electron chi connectivity index (χ3n) is 3.41. The molecule has 2 nitrogen and oxygen atoms in total. The molecule has 0 amide bonds. The summed E-state index contributed by atoms with van der Waals surface area (Å²) in [6.45, 7) is 3.61. The Morgan fingerprint density at radius 3 is 2.45 bits per heavy atom. The van der Waals surface area contributed by atoms with Crippen molar-refractivity contribution in [1.29, 1.82) is 0 Å². The fourth-order valence-corrected chi connectivity index (χ4v) is 2.48. The largest absolute Gasteiger partial charge is 0.370 e. The van der Waals surface area contributed by atoms with Crippen LogP contribution in [0.15, 0.2) is 42.5 Å². The molecule has 2 aromatic rings. The third kappa shape index (κ3) is 3.75. The van der Waals surface area contributed by atoms with Crippen molar-refractivity contribution in [3.05, 3.63) is 64.2 Å². The smallest absolute Gasteiger partial charge is 0.0426 e. The Hall–Kier alpha value is -1.51. The second kappa shape index (κ2) is 6.78. The van der Waals surface area contributed by atoms with Crippen LogP contribution >= 0.6 is 11.6 Å². The standard InChI is InChI=1S/C17H21ClN2/c1-13-3-5-14(6-4-13)12-20(2)17-11-16(18)8-7-15(17)9-10-19/h3-8,11H,9-10,12,19H2,1-2H3. The average molecular weight is 289 g/mol. The highest BCUT2D eigenvalue weighted by Crippen LogP contribution is 2.25. The molecule has 106 valence electrons. The van der Waals surface area contributed by atoms with Gasteiger partial charge in [0.25, 0.3) is 0 Å². The van der Waals surface area contributed by atoms with Crippen molar-refractivity contribution in [3.63, 3.8) is 0 Å². The summed E-state index contributed by atoms with van der Waals surface area (Å²) in [6.07, 6.45) is 0.866. The van der Waals surface area contributed by atoms with Crippen LogP contribution in [0.4, 0.5) is 5.69 Å². The molecule has 20 heavy (non-hydrogen) atoms. The first kappa shape index (κ1) is 14.9. The van der Waals surface area contributed by atoms with E-state index in [-0.39, 0.29) is 0 Å². The number of nitrogens with two attached hydrogens (primary N) is 1. The first-order valence-electron chi connectivity index (χ1n) is 6.85. The molecule has 0 unspecified atom stereocenters. The van der Waals surface area contributed by atoms with Crippen molar-refractivity contribution in [2.24, 2.45) is 5.73 Å². The van der Waals surface area contributed by atoms with Gasteiger partial charge < -0.3 is 10.6 Å². The van der Waals surface area contributed by atoms with Crippen LogP contribution in [0.2, 0.25) is 5.02 Å². The summed E-state index contributed by atoms with van der Waals surface area (Å²) in [4.78, 5) is 2.22. The monoisotopic (exact) mass is 288 g/mol. The molecule has 0 atom stereocenters. The van der Waals surface area contributed by atoms with Crippen molar-refractivity contribution in [3.8, 4) is 0 Å². The van der Waals surface area contributed by atoms with Gasteiger partial charge in [0, 0.05) is 24.3 Å². The number of anilines is 1. The van der Waals surface area contributed by atoms with E-state index < -0.39 is 0 Å². The molecule has 0 aromatic heterocycles. The molecule has 0 radical (unpaired) electrons. The number of hydrogen-bond acceptors (Lipinski definition) is 2. The molecule has 2 aromatic carbocycles. The van der Waals surface area contributed by atoms with Gasteiger partial charge in [-0.15, -0.1) is 0 Å². The summed E-state index contributed by atoms with van der Waals surface area (Å²) in [5, 5.41) is 0.761. The van der Waals surface area contributed by atoms with Gasteiger partial charge in [-0.2, -0.15) is 0 Å². The zero-order valence-electron chi connectivity index (χ0n) is 12.1. The minimum absolute atomic E-state index is 0.646. The molecule has 2 N–H and O–H groups in total. The molecule has 0 saturated carbocycles. The predicted octanol–water partition coefficient (Wildman–Crippen LogP) is 3.79. The number of halogens is 1. The molecule has 0 aliphatic carbocycles. The van der Waals surface area contributed by atoms with Crippen molar-refractivity contribution >= 4 is 17.3 Å². The zero-order valence-corrected chi connectivity index (χ0v) is 12.8. The second-order valence-electron chi connectivity index (χ2n) is 5.15. The molecule has 0 saturated heterocycles. The van der Waals surface area contributed by atoms with Crippen LogP contribution in [-0.2, 0) is 13.0 Å². The average Bonchev–Trinajstić information content (AvgIpc) is 2.43. The van der Waals surface area contributed by atoms with E-state index in [1.54, 1.807) is 0 Å². The molecule has 0 spiro atoms. The van der Waals surface area contributed by atoms with E-state index in [1.165, 1.54) is 16.7 Å². The van der Waals surface area contributed by atoms with E-state index in [1.807, 2.05) is 12.1 Å². The number of benzene rings is 2. The Labute approximate surface area is 126 Å². The molecular formula is C17H21ClN2. The Balaban J connectivity index is 2.21. The van der Waals surface area contributed by atoms with Crippen LogP contribution in [0.3, 0.4) is 0 Å². The number of rotatable bonds is 5. The number of aryl methyl sites for hydroxylation is 1.